The highest BCUT2D eigenvalue weighted by Crippen LogP contribution is 2.35. The lowest BCUT2D eigenvalue weighted by Gasteiger charge is -2.38. The second-order valence-electron chi connectivity index (χ2n) is 7.42. The van der Waals surface area contributed by atoms with E-state index in [0.717, 1.165) is 34.2 Å². The fourth-order valence-corrected chi connectivity index (χ4v) is 4.94. The van der Waals surface area contributed by atoms with Gasteiger partial charge in [0.15, 0.2) is 16.6 Å². The summed E-state index contributed by atoms with van der Waals surface area (Å²) in [6, 6.07) is 13.4. The Morgan fingerprint density at radius 2 is 1.80 bits per heavy atom. The zero-order chi connectivity index (χ0) is 20.7. The van der Waals surface area contributed by atoms with Gasteiger partial charge in [0.1, 0.15) is 17.4 Å². The minimum atomic E-state index is -0.627. The molecule has 2 atom stereocenters. The van der Waals surface area contributed by atoms with Crippen LogP contribution in [-0.4, -0.2) is 61.3 Å². The lowest BCUT2D eigenvalue weighted by molar-refractivity contribution is -0.144. The van der Waals surface area contributed by atoms with Gasteiger partial charge in [-0.1, -0.05) is 29.5 Å². The van der Waals surface area contributed by atoms with E-state index in [9.17, 15) is 4.79 Å². The Hall–Kier alpha value is -3.00. The van der Waals surface area contributed by atoms with Gasteiger partial charge in [0.25, 0.3) is 5.91 Å². The SMILES string of the molecule is COc1cccc2sc(N3CCN(C(=O)C4Oc5ccccc5OC4C)CC3)nc12. The summed E-state index contributed by atoms with van der Waals surface area (Å²) in [5.74, 6) is 2.07. The number of anilines is 1. The highest BCUT2D eigenvalue weighted by atomic mass is 32.1. The van der Waals surface area contributed by atoms with E-state index in [0.29, 0.717) is 24.6 Å². The predicted octanol–water partition coefficient (Wildman–Crippen LogP) is 3.18. The second-order valence-corrected chi connectivity index (χ2v) is 8.43. The molecule has 7 nitrogen and oxygen atoms in total. The molecule has 3 aromatic rings. The minimum absolute atomic E-state index is 0.0253. The zero-order valence-corrected chi connectivity index (χ0v) is 17.7. The molecule has 0 bridgehead atoms. The Morgan fingerprint density at radius 3 is 2.53 bits per heavy atom. The molecule has 1 amide bonds. The van der Waals surface area contributed by atoms with Crippen molar-refractivity contribution < 1.29 is 19.0 Å². The number of nitrogens with zero attached hydrogens (tertiary/aromatic N) is 3. The molecule has 8 heteroatoms. The normalized spacial score (nSPS) is 21.0. The van der Waals surface area contributed by atoms with E-state index in [2.05, 4.69) is 11.0 Å². The smallest absolute Gasteiger partial charge is 0.267 e. The number of hydrogen-bond donors (Lipinski definition) is 0. The number of ether oxygens (including phenoxy) is 3. The Kier molecular flexibility index (Phi) is 4.86. The maximum absolute atomic E-state index is 13.1. The predicted molar refractivity (Wildman–Crippen MR) is 116 cm³/mol. The number of benzene rings is 2. The van der Waals surface area contributed by atoms with Gasteiger partial charge in [-0.25, -0.2) is 4.98 Å². The van der Waals surface area contributed by atoms with Gasteiger partial charge >= 0.3 is 0 Å². The van der Waals surface area contributed by atoms with Crippen molar-refractivity contribution in [1.82, 2.24) is 9.88 Å². The molecule has 0 radical (unpaired) electrons. The molecule has 0 N–H and O–H groups in total. The number of thiazole rings is 1. The number of aromatic nitrogens is 1. The van der Waals surface area contributed by atoms with Crippen molar-refractivity contribution in [2.75, 3.05) is 38.2 Å². The number of para-hydroxylation sites is 3. The number of carbonyl (C=O) groups excluding carboxylic acids is 1. The molecule has 156 valence electrons. The molecule has 0 spiro atoms. The molecular weight excluding hydrogens is 402 g/mol. The van der Waals surface area contributed by atoms with E-state index in [1.165, 1.54) is 0 Å². The first kappa shape index (κ1) is 19.0. The Labute approximate surface area is 178 Å². The van der Waals surface area contributed by atoms with Crippen molar-refractivity contribution in [2.45, 2.75) is 19.1 Å². The van der Waals surface area contributed by atoms with E-state index in [4.69, 9.17) is 19.2 Å². The number of amides is 1. The zero-order valence-electron chi connectivity index (χ0n) is 16.9. The van der Waals surface area contributed by atoms with Gasteiger partial charge in [-0.15, -0.1) is 0 Å². The van der Waals surface area contributed by atoms with Crippen LogP contribution in [0.5, 0.6) is 17.2 Å². The van der Waals surface area contributed by atoms with Crippen LogP contribution in [-0.2, 0) is 4.79 Å². The number of methoxy groups -OCH3 is 1. The van der Waals surface area contributed by atoms with Crippen molar-refractivity contribution >= 4 is 32.6 Å². The lowest BCUT2D eigenvalue weighted by atomic mass is 10.1. The largest absolute Gasteiger partial charge is 0.494 e. The quantitative estimate of drug-likeness (QED) is 0.642. The van der Waals surface area contributed by atoms with E-state index in [1.807, 2.05) is 48.2 Å². The molecule has 1 saturated heterocycles. The van der Waals surface area contributed by atoms with Crippen LogP contribution in [0.2, 0.25) is 0 Å². The molecule has 2 aromatic carbocycles. The van der Waals surface area contributed by atoms with Crippen LogP contribution in [0, 0.1) is 0 Å². The maximum atomic E-state index is 13.1. The standard InChI is InChI=1S/C22H23N3O4S/c1-14-20(29-16-7-4-3-6-15(16)28-14)21(26)24-10-12-25(13-11-24)22-23-19-17(27-2)8-5-9-18(19)30-22/h3-9,14,20H,10-13H2,1-2H3. The molecule has 1 aromatic heterocycles. The summed E-state index contributed by atoms with van der Waals surface area (Å²) < 4.78 is 18.4. The van der Waals surface area contributed by atoms with Gasteiger partial charge in [0, 0.05) is 26.2 Å². The maximum Gasteiger partial charge on any atom is 0.267 e. The third-order valence-corrected chi connectivity index (χ3v) is 6.62. The first-order valence-electron chi connectivity index (χ1n) is 10.0. The van der Waals surface area contributed by atoms with E-state index in [-0.39, 0.29) is 12.0 Å². The summed E-state index contributed by atoms with van der Waals surface area (Å²) in [6.45, 7) is 4.59. The fourth-order valence-electron chi connectivity index (χ4n) is 3.90. The number of carbonyl (C=O) groups is 1. The first-order chi connectivity index (χ1) is 14.6. The summed E-state index contributed by atoms with van der Waals surface area (Å²) in [5, 5.41) is 0.959. The van der Waals surface area contributed by atoms with Crippen LogP contribution >= 0.6 is 11.3 Å². The highest BCUT2D eigenvalue weighted by Gasteiger charge is 2.37. The molecule has 0 saturated carbocycles. The molecule has 3 heterocycles. The van der Waals surface area contributed by atoms with Gasteiger partial charge in [-0.2, -0.15) is 0 Å². The average molecular weight is 426 g/mol. The van der Waals surface area contributed by atoms with Gasteiger partial charge in [-0.3, -0.25) is 4.79 Å². The Balaban J connectivity index is 1.26. The number of hydrogen-bond acceptors (Lipinski definition) is 7. The minimum Gasteiger partial charge on any atom is -0.494 e. The highest BCUT2D eigenvalue weighted by molar-refractivity contribution is 7.22. The van der Waals surface area contributed by atoms with Gasteiger partial charge in [-0.05, 0) is 31.2 Å². The number of rotatable bonds is 3. The van der Waals surface area contributed by atoms with Crippen LogP contribution in [0.1, 0.15) is 6.92 Å². The van der Waals surface area contributed by atoms with Crippen LogP contribution in [0.15, 0.2) is 42.5 Å². The van der Waals surface area contributed by atoms with Crippen molar-refractivity contribution in [1.29, 1.82) is 0 Å². The average Bonchev–Trinajstić information content (AvgIpc) is 3.23. The lowest BCUT2D eigenvalue weighted by Crippen LogP contribution is -2.56. The molecule has 1 fully saturated rings. The van der Waals surface area contributed by atoms with E-state index < -0.39 is 6.10 Å². The van der Waals surface area contributed by atoms with Crippen LogP contribution in [0.25, 0.3) is 10.2 Å². The molecular formula is C22H23N3O4S. The summed E-state index contributed by atoms with van der Waals surface area (Å²) in [4.78, 5) is 22.0. The summed E-state index contributed by atoms with van der Waals surface area (Å²) in [5.41, 5.74) is 0.888. The molecule has 5 rings (SSSR count). The summed E-state index contributed by atoms with van der Waals surface area (Å²) >= 11 is 1.65. The van der Waals surface area contributed by atoms with Crippen molar-refractivity contribution in [3.8, 4) is 17.2 Å². The van der Waals surface area contributed by atoms with Gasteiger partial charge in [0.2, 0.25) is 6.10 Å². The Morgan fingerprint density at radius 1 is 1.07 bits per heavy atom. The van der Waals surface area contributed by atoms with Crippen LogP contribution in [0.4, 0.5) is 5.13 Å². The molecule has 30 heavy (non-hydrogen) atoms. The summed E-state index contributed by atoms with van der Waals surface area (Å²) in [6.07, 6.45) is -0.958. The van der Waals surface area contributed by atoms with Crippen molar-refractivity contribution in [3.63, 3.8) is 0 Å². The monoisotopic (exact) mass is 425 g/mol. The second kappa shape index (κ2) is 7.68. The van der Waals surface area contributed by atoms with Crippen LogP contribution < -0.4 is 19.1 Å². The Bertz CT molecular complexity index is 1080. The molecule has 2 unspecified atom stereocenters. The van der Waals surface area contributed by atoms with E-state index >= 15 is 0 Å². The fraction of sp³-hybridized carbons (Fsp3) is 0.364. The molecule has 2 aliphatic heterocycles. The molecule has 0 aliphatic carbocycles. The molecule has 2 aliphatic rings. The van der Waals surface area contributed by atoms with Crippen molar-refractivity contribution in [2.24, 2.45) is 0 Å². The first-order valence-corrected chi connectivity index (χ1v) is 10.9. The van der Waals surface area contributed by atoms with Gasteiger partial charge < -0.3 is 24.0 Å². The summed E-state index contributed by atoms with van der Waals surface area (Å²) in [7, 11) is 1.66. The van der Waals surface area contributed by atoms with Crippen LogP contribution in [0.3, 0.4) is 0 Å². The number of fused-ring (bicyclic) bond motifs is 2. The van der Waals surface area contributed by atoms with Crippen molar-refractivity contribution in [3.05, 3.63) is 42.5 Å². The van der Waals surface area contributed by atoms with Gasteiger partial charge in [0.05, 0.1) is 11.8 Å². The van der Waals surface area contributed by atoms with E-state index in [1.54, 1.807) is 18.4 Å². The third kappa shape index (κ3) is 3.31. The third-order valence-electron chi connectivity index (χ3n) is 5.54. The topological polar surface area (TPSA) is 64.1 Å². The number of piperazine rings is 1.